The largest absolute Gasteiger partial charge is 0.466 e. The molecule has 0 saturated heterocycles. The molecule has 0 saturated carbocycles. The monoisotopic (exact) mass is 332 g/mol. The summed E-state index contributed by atoms with van der Waals surface area (Å²) >= 11 is 0. The molecule has 1 aliphatic rings. The average molecular weight is 332 g/mol. The van der Waals surface area contributed by atoms with Crippen molar-refractivity contribution in [3.63, 3.8) is 0 Å². The van der Waals surface area contributed by atoms with Gasteiger partial charge in [0, 0.05) is 5.57 Å². The quantitative estimate of drug-likeness (QED) is 0.445. The van der Waals surface area contributed by atoms with E-state index in [1.807, 2.05) is 6.92 Å². The number of hydrogen-bond donors (Lipinski definition) is 1. The number of ether oxygens (including phenoxy) is 1. The SMILES string of the molecule is C=C(C(=O)OC)[C@H]1CC/C(C)=C\CC/C(C)=C\C/C=C(/C)[C@H](O)C1. The summed E-state index contributed by atoms with van der Waals surface area (Å²) in [4.78, 5) is 11.9. The first kappa shape index (κ1) is 20.4. The van der Waals surface area contributed by atoms with Crippen molar-refractivity contribution in [1.82, 2.24) is 0 Å². The minimum absolute atomic E-state index is 0.0700. The van der Waals surface area contributed by atoms with Crippen LogP contribution in [-0.4, -0.2) is 24.3 Å². The Bertz CT molecular complexity index is 537. The van der Waals surface area contributed by atoms with Gasteiger partial charge in [-0.2, -0.15) is 0 Å². The Kier molecular flexibility index (Phi) is 8.77. The van der Waals surface area contributed by atoms with E-state index in [1.165, 1.54) is 18.3 Å². The van der Waals surface area contributed by atoms with Gasteiger partial charge in [-0.15, -0.1) is 0 Å². The van der Waals surface area contributed by atoms with Crippen molar-refractivity contribution in [3.05, 3.63) is 47.1 Å². The maximum absolute atomic E-state index is 11.9. The fraction of sp³-hybridized carbons (Fsp3) is 0.571. The van der Waals surface area contributed by atoms with Crippen LogP contribution in [0.4, 0.5) is 0 Å². The lowest BCUT2D eigenvalue weighted by atomic mass is 9.86. The summed E-state index contributed by atoms with van der Waals surface area (Å²) in [5.41, 5.74) is 4.11. The van der Waals surface area contributed by atoms with Crippen LogP contribution in [0.1, 0.15) is 59.3 Å². The Morgan fingerprint density at radius 2 is 1.83 bits per heavy atom. The van der Waals surface area contributed by atoms with Gasteiger partial charge in [-0.3, -0.25) is 0 Å². The lowest BCUT2D eigenvalue weighted by Gasteiger charge is -2.22. The molecule has 0 heterocycles. The highest BCUT2D eigenvalue weighted by molar-refractivity contribution is 5.88. The molecule has 0 spiro atoms. The second-order valence-electron chi connectivity index (χ2n) is 6.83. The zero-order valence-corrected chi connectivity index (χ0v) is 15.6. The number of aliphatic hydroxyl groups is 1. The van der Waals surface area contributed by atoms with Crippen molar-refractivity contribution in [2.75, 3.05) is 7.11 Å². The highest BCUT2D eigenvalue weighted by Crippen LogP contribution is 2.27. The minimum Gasteiger partial charge on any atom is -0.466 e. The fourth-order valence-electron chi connectivity index (χ4n) is 2.92. The second-order valence-corrected chi connectivity index (χ2v) is 6.83. The summed E-state index contributed by atoms with van der Waals surface area (Å²) < 4.78 is 4.82. The molecule has 0 aromatic carbocycles. The molecular weight excluding hydrogens is 300 g/mol. The van der Waals surface area contributed by atoms with Crippen LogP contribution >= 0.6 is 0 Å². The highest BCUT2D eigenvalue weighted by Gasteiger charge is 2.23. The normalized spacial score (nSPS) is 30.6. The first-order valence-electron chi connectivity index (χ1n) is 8.78. The predicted molar refractivity (Wildman–Crippen MR) is 99.6 cm³/mol. The highest BCUT2D eigenvalue weighted by atomic mass is 16.5. The number of carbonyl (C=O) groups excluding carboxylic acids is 1. The zero-order valence-electron chi connectivity index (χ0n) is 15.6. The summed E-state index contributed by atoms with van der Waals surface area (Å²) in [6.45, 7) is 10.1. The van der Waals surface area contributed by atoms with E-state index in [2.05, 4.69) is 38.7 Å². The van der Waals surface area contributed by atoms with Crippen LogP contribution in [0.2, 0.25) is 0 Å². The zero-order chi connectivity index (χ0) is 18.1. The van der Waals surface area contributed by atoms with Crippen LogP contribution in [0, 0.1) is 5.92 Å². The molecule has 0 aromatic rings. The minimum atomic E-state index is -0.558. The van der Waals surface area contributed by atoms with E-state index in [1.54, 1.807) is 0 Å². The van der Waals surface area contributed by atoms with Crippen molar-refractivity contribution in [1.29, 1.82) is 0 Å². The standard InChI is InChI=1S/C21H32O3/c1-15-8-6-9-16(2)12-13-19(18(4)21(23)24-5)14-20(22)17(3)11-7-10-15/h9-11,19-20,22H,4,6-8,12-14H2,1-3,5H3/b15-10-,16-9-,17-11-/t19-,20+/m0/s1. The molecule has 3 nitrogen and oxygen atoms in total. The van der Waals surface area contributed by atoms with Crippen molar-refractivity contribution >= 4 is 5.97 Å². The van der Waals surface area contributed by atoms with Gasteiger partial charge < -0.3 is 9.84 Å². The number of rotatable bonds is 2. The molecule has 3 heteroatoms. The van der Waals surface area contributed by atoms with Gasteiger partial charge in [0.2, 0.25) is 0 Å². The van der Waals surface area contributed by atoms with Gasteiger partial charge in [0.25, 0.3) is 0 Å². The van der Waals surface area contributed by atoms with E-state index in [4.69, 9.17) is 4.74 Å². The van der Waals surface area contributed by atoms with Crippen LogP contribution in [0.5, 0.6) is 0 Å². The number of methoxy groups -OCH3 is 1. The Morgan fingerprint density at radius 3 is 2.50 bits per heavy atom. The number of esters is 1. The van der Waals surface area contributed by atoms with Gasteiger partial charge in [0.05, 0.1) is 13.2 Å². The third-order valence-corrected chi connectivity index (χ3v) is 4.80. The topological polar surface area (TPSA) is 46.5 Å². The van der Waals surface area contributed by atoms with Gasteiger partial charge in [-0.1, -0.05) is 36.0 Å². The lowest BCUT2D eigenvalue weighted by molar-refractivity contribution is -0.136. The molecule has 1 aliphatic carbocycles. The molecular formula is C21H32O3. The van der Waals surface area contributed by atoms with E-state index < -0.39 is 6.10 Å². The Labute approximate surface area is 146 Å². The molecule has 0 aliphatic heterocycles. The summed E-state index contributed by atoms with van der Waals surface area (Å²) in [6, 6.07) is 0. The van der Waals surface area contributed by atoms with Gasteiger partial charge in [-0.25, -0.2) is 4.79 Å². The number of aliphatic hydroxyl groups excluding tert-OH is 1. The number of carbonyl (C=O) groups is 1. The van der Waals surface area contributed by atoms with Gasteiger partial charge in [-0.05, 0) is 70.8 Å². The Balaban J connectivity index is 2.98. The molecule has 0 aromatic heterocycles. The van der Waals surface area contributed by atoms with Crippen molar-refractivity contribution in [2.45, 2.75) is 65.4 Å². The summed E-state index contributed by atoms with van der Waals surface area (Å²) in [6.07, 6.45) is 11.2. The summed E-state index contributed by atoms with van der Waals surface area (Å²) in [7, 11) is 1.37. The van der Waals surface area contributed by atoms with Crippen LogP contribution in [-0.2, 0) is 9.53 Å². The van der Waals surface area contributed by atoms with E-state index in [9.17, 15) is 9.90 Å². The van der Waals surface area contributed by atoms with E-state index >= 15 is 0 Å². The first-order chi connectivity index (χ1) is 11.3. The van der Waals surface area contributed by atoms with Crippen molar-refractivity contribution in [2.24, 2.45) is 5.92 Å². The van der Waals surface area contributed by atoms with Crippen LogP contribution in [0.3, 0.4) is 0 Å². The van der Waals surface area contributed by atoms with Crippen LogP contribution in [0.15, 0.2) is 47.1 Å². The fourth-order valence-corrected chi connectivity index (χ4v) is 2.92. The van der Waals surface area contributed by atoms with Gasteiger partial charge >= 0.3 is 5.97 Å². The maximum Gasteiger partial charge on any atom is 0.333 e. The van der Waals surface area contributed by atoms with Crippen molar-refractivity contribution < 1.29 is 14.6 Å². The van der Waals surface area contributed by atoms with Crippen LogP contribution < -0.4 is 0 Å². The molecule has 1 N–H and O–H groups in total. The summed E-state index contributed by atoms with van der Waals surface area (Å²) in [5.74, 6) is -0.450. The molecule has 24 heavy (non-hydrogen) atoms. The third kappa shape index (κ3) is 6.88. The molecule has 2 atom stereocenters. The Morgan fingerprint density at radius 1 is 1.17 bits per heavy atom. The van der Waals surface area contributed by atoms with Gasteiger partial charge in [0.15, 0.2) is 0 Å². The van der Waals surface area contributed by atoms with Crippen molar-refractivity contribution in [3.8, 4) is 0 Å². The first-order valence-corrected chi connectivity index (χ1v) is 8.78. The number of hydrogen-bond acceptors (Lipinski definition) is 3. The van der Waals surface area contributed by atoms with Gasteiger partial charge in [0.1, 0.15) is 0 Å². The maximum atomic E-state index is 11.9. The predicted octanol–water partition coefficient (Wildman–Crippen LogP) is 4.89. The van der Waals surface area contributed by atoms with Crippen LogP contribution in [0.25, 0.3) is 0 Å². The number of allylic oxidation sites excluding steroid dienone is 5. The summed E-state index contributed by atoms with van der Waals surface area (Å²) in [5, 5.41) is 10.5. The molecule has 0 fully saturated rings. The average Bonchev–Trinajstić information content (AvgIpc) is 2.56. The second kappa shape index (κ2) is 10.3. The van der Waals surface area contributed by atoms with E-state index in [0.29, 0.717) is 12.0 Å². The third-order valence-electron chi connectivity index (χ3n) is 4.80. The molecule has 0 amide bonds. The molecule has 0 bridgehead atoms. The molecule has 134 valence electrons. The Hall–Kier alpha value is -1.61. The van der Waals surface area contributed by atoms with E-state index in [-0.39, 0.29) is 11.9 Å². The molecule has 0 radical (unpaired) electrons. The molecule has 1 rings (SSSR count). The lowest BCUT2D eigenvalue weighted by Crippen LogP contribution is -2.21. The molecule has 0 unspecified atom stereocenters. The smallest absolute Gasteiger partial charge is 0.333 e. The van der Waals surface area contributed by atoms with E-state index in [0.717, 1.165) is 37.7 Å².